The maximum Gasteiger partial charge on any atom is 0.266 e. The summed E-state index contributed by atoms with van der Waals surface area (Å²) in [4.78, 5) is 13.7. The van der Waals surface area contributed by atoms with Gasteiger partial charge in [-0.1, -0.05) is 24.3 Å². The Hall–Kier alpha value is -3.83. The molecule has 0 fully saturated rings. The van der Waals surface area contributed by atoms with Gasteiger partial charge >= 0.3 is 0 Å². The molecule has 2 N–H and O–H groups in total. The summed E-state index contributed by atoms with van der Waals surface area (Å²) < 4.78 is 29.8. The molecule has 2 aromatic carbocycles. The smallest absolute Gasteiger partial charge is 0.266 e. The van der Waals surface area contributed by atoms with Gasteiger partial charge in [0.25, 0.3) is 10.0 Å². The van der Waals surface area contributed by atoms with E-state index in [0.717, 1.165) is 22.0 Å². The van der Waals surface area contributed by atoms with Crippen molar-refractivity contribution in [2.45, 2.75) is 11.8 Å². The van der Waals surface area contributed by atoms with Crippen LogP contribution in [-0.2, 0) is 17.1 Å². The maximum atomic E-state index is 12.9. The second-order valence-electron chi connectivity index (χ2n) is 7.32. The fourth-order valence-corrected chi connectivity index (χ4v) is 4.89. The average Bonchev–Trinajstić information content (AvgIpc) is 3.43. The number of fused-ring (bicyclic) bond motifs is 1. The van der Waals surface area contributed by atoms with E-state index < -0.39 is 10.0 Å². The van der Waals surface area contributed by atoms with Crippen LogP contribution in [0.25, 0.3) is 22.3 Å². The number of sulfonamides is 1. The molecule has 0 aliphatic rings. The van der Waals surface area contributed by atoms with Crippen LogP contribution in [-0.4, -0.2) is 33.2 Å². The van der Waals surface area contributed by atoms with Crippen LogP contribution in [0.5, 0.6) is 0 Å². The van der Waals surface area contributed by atoms with Crippen molar-refractivity contribution >= 4 is 49.7 Å². The lowest BCUT2D eigenvalue weighted by molar-refractivity contribution is 0.601. The summed E-state index contributed by atoms with van der Waals surface area (Å²) in [5.74, 6) is 0.375. The van der Waals surface area contributed by atoms with Gasteiger partial charge in [0.1, 0.15) is 4.90 Å². The SMILES string of the molecule is Cc1nc(-c2cccc(Nc3nc4ccccc4nc3NS(=O)(=O)c3cnn(C)c3)c2)cs1. The van der Waals surface area contributed by atoms with Crippen LogP contribution in [0.1, 0.15) is 5.01 Å². The summed E-state index contributed by atoms with van der Waals surface area (Å²) in [6, 6.07) is 15.0. The zero-order valence-electron chi connectivity index (χ0n) is 17.7. The Balaban J connectivity index is 1.55. The Bertz CT molecular complexity index is 1570. The number of rotatable bonds is 6. The second kappa shape index (κ2) is 8.26. The average molecular weight is 478 g/mol. The van der Waals surface area contributed by atoms with E-state index in [4.69, 9.17) is 0 Å². The number of aryl methyl sites for hydroxylation is 2. The third kappa shape index (κ3) is 4.41. The van der Waals surface area contributed by atoms with Crippen molar-refractivity contribution in [3.8, 4) is 11.3 Å². The molecule has 0 aliphatic heterocycles. The van der Waals surface area contributed by atoms with Crippen LogP contribution >= 0.6 is 11.3 Å². The Kier molecular flexibility index (Phi) is 5.27. The first-order chi connectivity index (χ1) is 15.9. The predicted octanol–water partition coefficient (Wildman–Crippen LogP) is 4.34. The van der Waals surface area contributed by atoms with Gasteiger partial charge in [-0.25, -0.2) is 23.4 Å². The highest BCUT2D eigenvalue weighted by molar-refractivity contribution is 7.92. The molecule has 0 saturated heterocycles. The van der Waals surface area contributed by atoms with E-state index >= 15 is 0 Å². The van der Waals surface area contributed by atoms with Crippen LogP contribution in [0.15, 0.2) is 71.2 Å². The Morgan fingerprint density at radius 2 is 1.73 bits per heavy atom. The van der Waals surface area contributed by atoms with Gasteiger partial charge in [0, 0.05) is 29.9 Å². The van der Waals surface area contributed by atoms with Gasteiger partial charge in [0.15, 0.2) is 11.6 Å². The first-order valence-electron chi connectivity index (χ1n) is 9.95. The maximum absolute atomic E-state index is 12.9. The van der Waals surface area contributed by atoms with Crippen molar-refractivity contribution in [3.63, 3.8) is 0 Å². The summed E-state index contributed by atoms with van der Waals surface area (Å²) in [5.41, 5.74) is 3.75. The molecule has 9 nitrogen and oxygen atoms in total. The Morgan fingerprint density at radius 3 is 2.39 bits per heavy atom. The number of benzene rings is 2. The zero-order valence-corrected chi connectivity index (χ0v) is 19.4. The first-order valence-corrected chi connectivity index (χ1v) is 12.3. The van der Waals surface area contributed by atoms with Gasteiger partial charge in [-0.3, -0.25) is 9.40 Å². The van der Waals surface area contributed by atoms with E-state index in [1.165, 1.54) is 17.1 Å². The number of thiazole rings is 1. The molecular weight excluding hydrogens is 458 g/mol. The van der Waals surface area contributed by atoms with Gasteiger partial charge in [0.05, 0.1) is 27.9 Å². The normalized spacial score (nSPS) is 11.6. The molecule has 166 valence electrons. The van der Waals surface area contributed by atoms with Gasteiger partial charge in [-0.15, -0.1) is 11.3 Å². The number of para-hydroxylation sites is 2. The summed E-state index contributed by atoms with van der Waals surface area (Å²) >= 11 is 1.58. The summed E-state index contributed by atoms with van der Waals surface area (Å²) in [5, 5.41) is 10.1. The molecule has 0 amide bonds. The summed E-state index contributed by atoms with van der Waals surface area (Å²) in [6.45, 7) is 1.96. The predicted molar refractivity (Wildman–Crippen MR) is 129 cm³/mol. The molecule has 5 rings (SSSR count). The molecule has 11 heteroatoms. The number of aromatic nitrogens is 5. The van der Waals surface area contributed by atoms with Crippen LogP contribution in [0.3, 0.4) is 0 Å². The van der Waals surface area contributed by atoms with Crippen molar-refractivity contribution in [3.05, 3.63) is 71.3 Å². The van der Waals surface area contributed by atoms with E-state index in [-0.39, 0.29) is 16.5 Å². The quantitative estimate of drug-likeness (QED) is 0.374. The van der Waals surface area contributed by atoms with Crippen LogP contribution in [0.4, 0.5) is 17.3 Å². The largest absolute Gasteiger partial charge is 0.337 e. The monoisotopic (exact) mass is 477 g/mol. The van der Waals surface area contributed by atoms with Gasteiger partial charge in [-0.05, 0) is 31.2 Å². The van der Waals surface area contributed by atoms with E-state index in [0.29, 0.717) is 11.0 Å². The van der Waals surface area contributed by atoms with Gasteiger partial charge in [0.2, 0.25) is 0 Å². The molecule has 33 heavy (non-hydrogen) atoms. The van der Waals surface area contributed by atoms with Crippen LogP contribution in [0.2, 0.25) is 0 Å². The molecule has 0 saturated carbocycles. The number of nitrogens with one attached hydrogen (secondary N) is 2. The second-order valence-corrected chi connectivity index (χ2v) is 10.1. The zero-order chi connectivity index (χ0) is 23.0. The lowest BCUT2D eigenvalue weighted by Gasteiger charge is -2.14. The summed E-state index contributed by atoms with van der Waals surface area (Å²) in [7, 11) is -2.26. The van der Waals surface area contributed by atoms with E-state index in [9.17, 15) is 8.42 Å². The lowest BCUT2D eigenvalue weighted by Crippen LogP contribution is -2.15. The highest BCUT2D eigenvalue weighted by Crippen LogP contribution is 2.29. The number of hydrogen-bond acceptors (Lipinski definition) is 8. The summed E-state index contributed by atoms with van der Waals surface area (Å²) in [6.07, 6.45) is 2.70. The molecule has 0 unspecified atom stereocenters. The molecule has 0 bridgehead atoms. The van der Waals surface area contributed by atoms with Crippen LogP contribution in [0, 0.1) is 6.92 Å². The van der Waals surface area contributed by atoms with Crippen molar-refractivity contribution in [2.24, 2.45) is 7.05 Å². The standard InChI is InChI=1S/C22H19N7O2S2/c1-14-24-20(13-32-14)15-6-5-7-16(10-15)25-21-22(27-19-9-4-3-8-18(19)26-21)28-33(30,31)17-11-23-29(2)12-17/h3-13H,1-2H3,(H,25,26)(H,27,28). The number of nitrogens with zero attached hydrogens (tertiary/aromatic N) is 5. The molecule has 0 spiro atoms. The minimum Gasteiger partial charge on any atom is -0.337 e. The minimum atomic E-state index is -3.91. The highest BCUT2D eigenvalue weighted by atomic mass is 32.2. The first kappa shape index (κ1) is 21.0. The fourth-order valence-electron chi connectivity index (χ4n) is 3.27. The Labute approximate surface area is 194 Å². The number of hydrogen-bond donors (Lipinski definition) is 2. The molecule has 0 atom stereocenters. The Morgan fingerprint density at radius 1 is 0.970 bits per heavy atom. The minimum absolute atomic E-state index is 0.0341. The molecule has 5 aromatic rings. The van der Waals surface area contributed by atoms with Crippen molar-refractivity contribution in [1.29, 1.82) is 0 Å². The molecule has 3 aromatic heterocycles. The fraction of sp³-hybridized carbons (Fsp3) is 0.0909. The molecule has 0 aliphatic carbocycles. The van der Waals surface area contributed by atoms with Crippen molar-refractivity contribution in [2.75, 3.05) is 10.0 Å². The number of anilines is 3. The van der Waals surface area contributed by atoms with Crippen molar-refractivity contribution < 1.29 is 8.42 Å². The topological polar surface area (TPSA) is 115 Å². The third-order valence-corrected chi connectivity index (χ3v) is 6.90. The van der Waals surface area contributed by atoms with E-state index in [1.807, 2.05) is 54.8 Å². The molecule has 3 heterocycles. The molecule has 0 radical (unpaired) electrons. The van der Waals surface area contributed by atoms with Gasteiger partial charge < -0.3 is 5.32 Å². The third-order valence-electron chi connectivity index (χ3n) is 4.83. The van der Waals surface area contributed by atoms with E-state index in [1.54, 1.807) is 24.5 Å². The lowest BCUT2D eigenvalue weighted by atomic mass is 10.1. The van der Waals surface area contributed by atoms with E-state index in [2.05, 4.69) is 30.1 Å². The van der Waals surface area contributed by atoms with Gasteiger partial charge in [-0.2, -0.15) is 5.10 Å². The molecular formula is C22H19N7O2S2. The highest BCUT2D eigenvalue weighted by Gasteiger charge is 2.20. The van der Waals surface area contributed by atoms with Crippen molar-refractivity contribution in [1.82, 2.24) is 24.7 Å². The van der Waals surface area contributed by atoms with Crippen LogP contribution < -0.4 is 10.0 Å².